The van der Waals surface area contributed by atoms with Crippen LogP contribution in [0.15, 0.2) is 47.9 Å². The molecule has 0 spiro atoms. The van der Waals surface area contributed by atoms with Crippen LogP contribution in [0.2, 0.25) is 0 Å². The number of likely N-dealkylation sites (tertiary alicyclic amines) is 1. The van der Waals surface area contributed by atoms with Gasteiger partial charge in [0.25, 0.3) is 0 Å². The number of benzene rings is 1. The minimum atomic E-state index is -0.332. The topological polar surface area (TPSA) is 58.4 Å². The van der Waals surface area contributed by atoms with Gasteiger partial charge in [0.05, 0.1) is 11.9 Å². The summed E-state index contributed by atoms with van der Waals surface area (Å²) in [5.41, 5.74) is 1.17. The van der Waals surface area contributed by atoms with Crippen molar-refractivity contribution >= 4 is 17.7 Å². The normalized spacial score (nSPS) is 16.8. The second-order valence-electron chi connectivity index (χ2n) is 6.58. The van der Waals surface area contributed by atoms with Crippen LogP contribution >= 0.6 is 11.8 Å². The van der Waals surface area contributed by atoms with Crippen molar-refractivity contribution in [2.75, 3.05) is 18.8 Å². The molecule has 1 aliphatic rings. The van der Waals surface area contributed by atoms with Crippen molar-refractivity contribution in [1.82, 2.24) is 14.5 Å². The van der Waals surface area contributed by atoms with E-state index in [0.29, 0.717) is 12.2 Å². The number of rotatable bonds is 6. The van der Waals surface area contributed by atoms with E-state index < -0.39 is 0 Å². The standard InChI is InChI=1S/C19H25N3O2S/c1-21-12-9-20-19(21)25-14-18(24)22-10-7-16(8-11-22)17(23)13-15-5-3-2-4-6-15/h2-6,9,12,16-17,23H,7-8,10-11,13-14H2,1H3/t17-/m0/s1. The lowest BCUT2D eigenvalue weighted by Crippen LogP contribution is -2.42. The van der Waals surface area contributed by atoms with E-state index in [2.05, 4.69) is 17.1 Å². The molecule has 2 heterocycles. The zero-order chi connectivity index (χ0) is 17.6. The first kappa shape index (κ1) is 18.0. The van der Waals surface area contributed by atoms with Crippen LogP contribution in [0.1, 0.15) is 18.4 Å². The zero-order valence-corrected chi connectivity index (χ0v) is 15.4. The molecule has 25 heavy (non-hydrogen) atoms. The van der Waals surface area contributed by atoms with Gasteiger partial charge >= 0.3 is 0 Å². The Morgan fingerprint density at radius 1 is 1.32 bits per heavy atom. The molecule has 1 aromatic heterocycles. The summed E-state index contributed by atoms with van der Waals surface area (Å²) in [6.45, 7) is 1.47. The van der Waals surface area contributed by atoms with Crippen LogP contribution in [-0.2, 0) is 18.3 Å². The number of aryl methyl sites for hydroxylation is 1. The van der Waals surface area contributed by atoms with Gasteiger partial charge in [-0.1, -0.05) is 42.1 Å². The molecule has 1 aromatic carbocycles. The maximum Gasteiger partial charge on any atom is 0.233 e. The largest absolute Gasteiger partial charge is 0.392 e. The summed E-state index contributed by atoms with van der Waals surface area (Å²) in [6.07, 6.45) is 5.72. The molecule has 5 nitrogen and oxygen atoms in total. The molecule has 1 atom stereocenters. The number of aliphatic hydroxyl groups is 1. The number of hydrogen-bond donors (Lipinski definition) is 1. The average molecular weight is 359 g/mol. The minimum Gasteiger partial charge on any atom is -0.392 e. The molecule has 6 heteroatoms. The summed E-state index contributed by atoms with van der Waals surface area (Å²) >= 11 is 1.48. The van der Waals surface area contributed by atoms with E-state index in [1.807, 2.05) is 40.9 Å². The summed E-state index contributed by atoms with van der Waals surface area (Å²) in [5.74, 6) is 0.845. The highest BCUT2D eigenvalue weighted by Crippen LogP contribution is 2.24. The minimum absolute atomic E-state index is 0.156. The molecule has 1 amide bonds. The third kappa shape index (κ3) is 4.86. The van der Waals surface area contributed by atoms with Crippen molar-refractivity contribution < 1.29 is 9.90 Å². The number of hydrogen-bond acceptors (Lipinski definition) is 4. The van der Waals surface area contributed by atoms with Crippen LogP contribution in [0, 0.1) is 5.92 Å². The number of imidazole rings is 1. The lowest BCUT2D eigenvalue weighted by atomic mass is 9.88. The van der Waals surface area contributed by atoms with E-state index in [-0.39, 0.29) is 17.9 Å². The number of carbonyl (C=O) groups excluding carboxylic acids is 1. The third-order valence-electron chi connectivity index (χ3n) is 4.83. The van der Waals surface area contributed by atoms with E-state index in [4.69, 9.17) is 0 Å². The Bertz CT molecular complexity index is 681. The van der Waals surface area contributed by atoms with Gasteiger partial charge in [0.2, 0.25) is 5.91 Å². The van der Waals surface area contributed by atoms with E-state index in [1.165, 1.54) is 17.3 Å². The van der Waals surface area contributed by atoms with Crippen LogP contribution in [0.4, 0.5) is 0 Å². The molecular weight excluding hydrogens is 334 g/mol. The molecule has 1 fully saturated rings. The Hall–Kier alpha value is -1.79. The van der Waals surface area contributed by atoms with Gasteiger partial charge in [0.15, 0.2) is 5.16 Å². The predicted molar refractivity (Wildman–Crippen MR) is 99.4 cm³/mol. The number of amides is 1. The Balaban J connectivity index is 1.43. The SMILES string of the molecule is Cn1ccnc1SCC(=O)N1CCC([C@@H](O)Cc2ccccc2)CC1. The van der Waals surface area contributed by atoms with Crippen LogP contribution in [0.3, 0.4) is 0 Å². The third-order valence-corrected chi connectivity index (χ3v) is 5.87. The van der Waals surface area contributed by atoms with Crippen LogP contribution in [0.5, 0.6) is 0 Å². The average Bonchev–Trinajstić information content (AvgIpc) is 3.05. The summed E-state index contributed by atoms with van der Waals surface area (Å²) < 4.78 is 1.92. The van der Waals surface area contributed by atoms with Gasteiger partial charge in [0.1, 0.15) is 0 Å². The molecule has 1 saturated heterocycles. The number of carbonyl (C=O) groups is 1. The number of aliphatic hydroxyl groups excluding tert-OH is 1. The molecule has 134 valence electrons. The van der Waals surface area contributed by atoms with Crippen LogP contribution in [-0.4, -0.2) is 50.4 Å². The van der Waals surface area contributed by atoms with E-state index in [0.717, 1.165) is 31.1 Å². The van der Waals surface area contributed by atoms with Gasteiger partial charge in [-0.2, -0.15) is 0 Å². The lowest BCUT2D eigenvalue weighted by Gasteiger charge is -2.34. The fourth-order valence-electron chi connectivity index (χ4n) is 3.26. The van der Waals surface area contributed by atoms with Crippen molar-refractivity contribution in [2.24, 2.45) is 13.0 Å². The molecule has 3 rings (SSSR count). The second kappa shape index (κ2) is 8.54. The number of aromatic nitrogens is 2. The van der Waals surface area contributed by atoms with Gasteiger partial charge in [-0.05, 0) is 30.7 Å². The van der Waals surface area contributed by atoms with Gasteiger partial charge in [-0.25, -0.2) is 4.98 Å². The maximum atomic E-state index is 12.4. The van der Waals surface area contributed by atoms with Crippen LogP contribution in [0.25, 0.3) is 0 Å². The summed E-state index contributed by atoms with van der Waals surface area (Å²) in [6, 6.07) is 10.1. The van der Waals surface area contributed by atoms with E-state index in [9.17, 15) is 9.90 Å². The molecule has 1 aliphatic heterocycles. The molecule has 0 saturated carbocycles. The van der Waals surface area contributed by atoms with Crippen molar-refractivity contribution in [3.63, 3.8) is 0 Å². The number of nitrogens with zero attached hydrogens (tertiary/aromatic N) is 3. The Kier molecular flexibility index (Phi) is 6.15. The Labute approximate surface area is 153 Å². The fourth-order valence-corrected chi connectivity index (χ4v) is 4.10. The molecule has 0 bridgehead atoms. The first-order valence-corrected chi connectivity index (χ1v) is 9.72. The van der Waals surface area contributed by atoms with Gasteiger partial charge in [-0.3, -0.25) is 4.79 Å². The first-order valence-electron chi connectivity index (χ1n) is 8.73. The van der Waals surface area contributed by atoms with Crippen molar-refractivity contribution in [1.29, 1.82) is 0 Å². The summed E-state index contributed by atoms with van der Waals surface area (Å²) in [7, 11) is 1.93. The molecule has 0 unspecified atom stereocenters. The molecule has 1 N–H and O–H groups in total. The highest BCUT2D eigenvalue weighted by atomic mass is 32.2. The van der Waals surface area contributed by atoms with Crippen molar-refractivity contribution in [3.05, 3.63) is 48.3 Å². The van der Waals surface area contributed by atoms with Gasteiger partial charge in [-0.15, -0.1) is 0 Å². The van der Waals surface area contributed by atoms with Crippen molar-refractivity contribution in [2.45, 2.75) is 30.5 Å². The van der Waals surface area contributed by atoms with Crippen LogP contribution < -0.4 is 0 Å². The highest BCUT2D eigenvalue weighted by Gasteiger charge is 2.27. The quantitative estimate of drug-likeness (QED) is 0.805. The van der Waals surface area contributed by atoms with E-state index >= 15 is 0 Å². The molecular formula is C19H25N3O2S. The monoisotopic (exact) mass is 359 g/mol. The smallest absolute Gasteiger partial charge is 0.233 e. The van der Waals surface area contributed by atoms with Gasteiger partial charge < -0.3 is 14.6 Å². The maximum absolute atomic E-state index is 12.4. The second-order valence-corrected chi connectivity index (χ2v) is 7.53. The first-order chi connectivity index (χ1) is 12.1. The summed E-state index contributed by atoms with van der Waals surface area (Å²) in [4.78, 5) is 18.5. The number of piperidine rings is 1. The highest BCUT2D eigenvalue weighted by molar-refractivity contribution is 7.99. The molecule has 0 aliphatic carbocycles. The Morgan fingerprint density at radius 2 is 2.04 bits per heavy atom. The predicted octanol–water partition coefficient (Wildman–Crippen LogP) is 2.35. The molecule has 2 aromatic rings. The van der Waals surface area contributed by atoms with Crippen molar-refractivity contribution in [3.8, 4) is 0 Å². The Morgan fingerprint density at radius 3 is 2.68 bits per heavy atom. The fraction of sp³-hybridized carbons (Fsp3) is 0.474. The number of thioether (sulfide) groups is 1. The zero-order valence-electron chi connectivity index (χ0n) is 14.5. The van der Waals surface area contributed by atoms with E-state index in [1.54, 1.807) is 6.20 Å². The van der Waals surface area contributed by atoms with Gasteiger partial charge in [0, 0.05) is 32.5 Å². The lowest BCUT2D eigenvalue weighted by molar-refractivity contribution is -0.130. The molecule has 0 radical (unpaired) electrons. The summed E-state index contributed by atoms with van der Waals surface area (Å²) in [5, 5.41) is 11.4.